The minimum Gasteiger partial charge on any atom is -0.508 e. The Bertz CT molecular complexity index is 1030. The fraction of sp³-hybridized carbons (Fsp3) is 0.105. The second kappa shape index (κ2) is 7.05. The first-order valence-electron chi connectivity index (χ1n) is 7.96. The van der Waals surface area contributed by atoms with E-state index < -0.39 is 10.0 Å². The molecule has 1 aromatic heterocycles. The van der Waals surface area contributed by atoms with Crippen molar-refractivity contribution in [3.8, 4) is 5.75 Å². The lowest BCUT2D eigenvalue weighted by Crippen LogP contribution is -2.14. The molecule has 0 atom stereocenters. The molecule has 3 N–H and O–H groups in total. The monoisotopic (exact) mass is 369 g/mol. The van der Waals surface area contributed by atoms with Crippen molar-refractivity contribution in [3.63, 3.8) is 0 Å². The summed E-state index contributed by atoms with van der Waals surface area (Å²) in [5.74, 6) is 0.512. The average molecular weight is 369 g/mol. The van der Waals surface area contributed by atoms with E-state index >= 15 is 0 Å². The Balaban J connectivity index is 1.89. The first kappa shape index (κ1) is 17.8. The van der Waals surface area contributed by atoms with Gasteiger partial charge in [0.05, 0.1) is 10.6 Å². The molecule has 0 aliphatic carbocycles. The van der Waals surface area contributed by atoms with Crippen molar-refractivity contribution < 1.29 is 13.5 Å². The minimum atomic E-state index is -3.74. The van der Waals surface area contributed by atoms with Gasteiger partial charge in [0.15, 0.2) is 5.82 Å². The molecule has 0 saturated carbocycles. The zero-order chi connectivity index (χ0) is 18.7. The van der Waals surface area contributed by atoms with Crippen LogP contribution in [0.3, 0.4) is 0 Å². The molecule has 7 heteroatoms. The Labute approximate surface area is 152 Å². The van der Waals surface area contributed by atoms with Crippen LogP contribution >= 0.6 is 0 Å². The first-order valence-corrected chi connectivity index (χ1v) is 9.44. The van der Waals surface area contributed by atoms with Gasteiger partial charge in [0.1, 0.15) is 5.75 Å². The number of aromatic hydroxyl groups is 1. The smallest absolute Gasteiger partial charge is 0.262 e. The minimum absolute atomic E-state index is 0.146. The van der Waals surface area contributed by atoms with E-state index in [1.54, 1.807) is 48.7 Å². The number of pyridine rings is 1. The van der Waals surface area contributed by atoms with Gasteiger partial charge in [-0.25, -0.2) is 13.4 Å². The molecule has 0 bridgehead atoms. The number of hydrogen-bond acceptors (Lipinski definition) is 5. The summed E-state index contributed by atoms with van der Waals surface area (Å²) in [7, 11) is -3.74. The third kappa shape index (κ3) is 3.94. The number of sulfonamides is 1. The lowest BCUT2D eigenvalue weighted by atomic mass is 10.1. The average Bonchev–Trinajstić information content (AvgIpc) is 2.60. The summed E-state index contributed by atoms with van der Waals surface area (Å²) in [6, 6.07) is 14.7. The van der Waals surface area contributed by atoms with Crippen LogP contribution in [0.4, 0.5) is 17.2 Å². The van der Waals surface area contributed by atoms with E-state index in [1.165, 1.54) is 12.1 Å². The highest BCUT2D eigenvalue weighted by Crippen LogP contribution is 2.26. The van der Waals surface area contributed by atoms with Crippen molar-refractivity contribution in [2.24, 2.45) is 0 Å². The van der Waals surface area contributed by atoms with Gasteiger partial charge in [0.25, 0.3) is 10.0 Å². The Kier molecular flexibility index (Phi) is 4.81. The molecule has 0 radical (unpaired) electrons. The van der Waals surface area contributed by atoms with Gasteiger partial charge in [-0.2, -0.15) is 0 Å². The Hall–Kier alpha value is -3.06. The van der Waals surface area contributed by atoms with Crippen LogP contribution in [0.25, 0.3) is 0 Å². The van der Waals surface area contributed by atoms with E-state index in [1.807, 2.05) is 13.8 Å². The molecule has 26 heavy (non-hydrogen) atoms. The highest BCUT2D eigenvalue weighted by atomic mass is 32.2. The highest BCUT2D eigenvalue weighted by Gasteiger charge is 2.17. The van der Waals surface area contributed by atoms with Crippen LogP contribution in [0, 0.1) is 13.8 Å². The first-order chi connectivity index (χ1) is 12.3. The third-order valence-corrected chi connectivity index (χ3v) is 5.33. The molecule has 0 saturated heterocycles. The topological polar surface area (TPSA) is 91.3 Å². The molecule has 0 unspecified atom stereocenters. The molecule has 0 fully saturated rings. The van der Waals surface area contributed by atoms with Gasteiger partial charge in [0.2, 0.25) is 0 Å². The summed E-state index contributed by atoms with van der Waals surface area (Å²) in [6.07, 6.45) is 1.57. The zero-order valence-corrected chi connectivity index (χ0v) is 15.2. The van der Waals surface area contributed by atoms with E-state index in [-0.39, 0.29) is 10.6 Å². The second-order valence-corrected chi connectivity index (χ2v) is 7.61. The molecular weight excluding hydrogens is 350 g/mol. The van der Waals surface area contributed by atoms with Crippen LogP contribution < -0.4 is 10.0 Å². The van der Waals surface area contributed by atoms with E-state index in [2.05, 4.69) is 15.0 Å². The number of phenolic OH excluding ortho intramolecular Hbond substituents is 1. The highest BCUT2D eigenvalue weighted by molar-refractivity contribution is 7.92. The number of benzene rings is 2. The zero-order valence-electron chi connectivity index (χ0n) is 14.4. The molecule has 3 aromatic rings. The van der Waals surface area contributed by atoms with Crippen molar-refractivity contribution in [2.45, 2.75) is 18.7 Å². The molecule has 0 amide bonds. The number of phenols is 1. The fourth-order valence-corrected chi connectivity index (χ4v) is 3.50. The van der Waals surface area contributed by atoms with Crippen molar-refractivity contribution in [1.29, 1.82) is 0 Å². The maximum Gasteiger partial charge on any atom is 0.262 e. The fourth-order valence-electron chi connectivity index (χ4n) is 2.35. The van der Waals surface area contributed by atoms with Gasteiger partial charge in [-0.05, 0) is 73.5 Å². The largest absolute Gasteiger partial charge is 0.508 e. The van der Waals surface area contributed by atoms with E-state index in [0.29, 0.717) is 17.2 Å². The number of aromatic nitrogens is 1. The Morgan fingerprint density at radius 2 is 1.69 bits per heavy atom. The van der Waals surface area contributed by atoms with Gasteiger partial charge in [-0.3, -0.25) is 4.72 Å². The van der Waals surface area contributed by atoms with Crippen LogP contribution in [0.15, 0.2) is 65.7 Å². The van der Waals surface area contributed by atoms with Crippen molar-refractivity contribution in [3.05, 3.63) is 71.9 Å². The van der Waals surface area contributed by atoms with Gasteiger partial charge in [0, 0.05) is 11.9 Å². The molecule has 1 heterocycles. The summed E-state index contributed by atoms with van der Waals surface area (Å²) in [5.41, 5.74) is 2.94. The Morgan fingerprint density at radius 3 is 2.38 bits per heavy atom. The van der Waals surface area contributed by atoms with E-state index in [4.69, 9.17) is 0 Å². The van der Waals surface area contributed by atoms with Crippen LogP contribution in [-0.2, 0) is 10.0 Å². The number of nitrogens with one attached hydrogen (secondary N) is 2. The number of nitrogens with zero attached hydrogens (tertiary/aromatic N) is 1. The number of hydrogen-bond donors (Lipinski definition) is 3. The molecule has 0 aliphatic rings. The van der Waals surface area contributed by atoms with Gasteiger partial charge in [-0.1, -0.05) is 6.07 Å². The summed E-state index contributed by atoms with van der Waals surface area (Å²) < 4.78 is 28.0. The van der Waals surface area contributed by atoms with Gasteiger partial charge < -0.3 is 10.4 Å². The lowest BCUT2D eigenvalue weighted by Gasteiger charge is -2.14. The quantitative estimate of drug-likeness (QED) is 0.592. The van der Waals surface area contributed by atoms with Crippen LogP contribution in [0.5, 0.6) is 5.75 Å². The van der Waals surface area contributed by atoms with Crippen LogP contribution in [-0.4, -0.2) is 18.5 Å². The standard InChI is InChI=1S/C19H19N3O3S/c1-13-5-10-17(12-14(13)2)26(24,25)22-18-4-3-11-20-19(18)21-15-6-8-16(23)9-7-15/h3-12,22-23H,1-2H3,(H,20,21). The van der Waals surface area contributed by atoms with Crippen molar-refractivity contribution in [1.82, 2.24) is 4.98 Å². The number of anilines is 3. The summed E-state index contributed by atoms with van der Waals surface area (Å²) in [4.78, 5) is 4.40. The predicted octanol–water partition coefficient (Wildman–Crippen LogP) is 3.95. The number of rotatable bonds is 5. The van der Waals surface area contributed by atoms with Crippen molar-refractivity contribution >= 4 is 27.2 Å². The lowest BCUT2D eigenvalue weighted by molar-refractivity contribution is 0.475. The third-order valence-electron chi connectivity index (χ3n) is 3.97. The molecule has 2 aromatic carbocycles. The predicted molar refractivity (Wildman–Crippen MR) is 102 cm³/mol. The van der Waals surface area contributed by atoms with Gasteiger partial charge >= 0.3 is 0 Å². The molecule has 0 aliphatic heterocycles. The maximum absolute atomic E-state index is 12.7. The summed E-state index contributed by atoms with van der Waals surface area (Å²) in [5, 5.41) is 12.4. The van der Waals surface area contributed by atoms with Crippen molar-refractivity contribution in [2.75, 3.05) is 10.0 Å². The summed E-state index contributed by atoms with van der Waals surface area (Å²) >= 11 is 0. The maximum atomic E-state index is 12.7. The normalized spacial score (nSPS) is 11.2. The SMILES string of the molecule is Cc1ccc(S(=O)(=O)Nc2cccnc2Nc2ccc(O)cc2)cc1C. The second-order valence-electron chi connectivity index (χ2n) is 5.92. The van der Waals surface area contributed by atoms with Crippen LogP contribution in [0.2, 0.25) is 0 Å². The molecule has 3 rings (SSSR count). The van der Waals surface area contributed by atoms with E-state index in [0.717, 1.165) is 11.1 Å². The molecule has 0 spiro atoms. The molecular formula is C19H19N3O3S. The van der Waals surface area contributed by atoms with Gasteiger partial charge in [-0.15, -0.1) is 0 Å². The molecule has 6 nitrogen and oxygen atoms in total. The van der Waals surface area contributed by atoms with Crippen LogP contribution in [0.1, 0.15) is 11.1 Å². The van der Waals surface area contributed by atoms with E-state index in [9.17, 15) is 13.5 Å². The Morgan fingerprint density at radius 1 is 0.962 bits per heavy atom. The number of aryl methyl sites for hydroxylation is 2. The summed E-state index contributed by atoms with van der Waals surface area (Å²) in [6.45, 7) is 3.80. The molecule has 134 valence electrons.